The van der Waals surface area contributed by atoms with Crippen LogP contribution in [0.2, 0.25) is 0 Å². The molecule has 0 aromatic rings. The average molecular weight is 123 g/mol. The molecule has 7 heavy (non-hydrogen) atoms. The molecule has 0 unspecified atom stereocenters. The Kier molecular flexibility index (Phi) is 4.07. The zero-order valence-electron chi connectivity index (χ0n) is 3.70. The molecule has 0 atom stereocenters. The molecule has 0 aromatic carbocycles. The zero-order chi connectivity index (χ0) is 5.70. The van der Waals surface area contributed by atoms with Gasteiger partial charge in [-0.3, -0.25) is 0 Å². The highest BCUT2D eigenvalue weighted by atomic mass is 32.1. The van der Waals surface area contributed by atoms with Crippen LogP contribution < -0.4 is 0 Å². The van der Waals surface area contributed by atoms with E-state index >= 15 is 0 Å². The van der Waals surface area contributed by atoms with Gasteiger partial charge in [0.25, 0.3) is 0 Å². The Balaban J connectivity index is 2.81. The molecule has 0 radical (unpaired) electrons. The van der Waals surface area contributed by atoms with Crippen molar-refractivity contribution in [3.05, 3.63) is 0 Å². The number of hydrogen-bond acceptors (Lipinski definition) is 3. The molecule has 2 N–H and O–H groups in total. The first-order chi connectivity index (χ1) is 3.27. The molecule has 0 aliphatic heterocycles. The molecule has 0 aliphatic carbocycles. The van der Waals surface area contributed by atoms with Gasteiger partial charge in [-0.05, 0) is 0 Å². The van der Waals surface area contributed by atoms with Crippen molar-refractivity contribution >= 4 is 11.7 Å². The lowest BCUT2D eigenvalue weighted by Gasteiger charge is -1.89. The summed E-state index contributed by atoms with van der Waals surface area (Å²) in [5.41, 5.74) is 0. The zero-order valence-corrected chi connectivity index (χ0v) is 4.52. The molecule has 0 aliphatic rings. The van der Waals surface area contributed by atoms with Crippen LogP contribution in [0.25, 0.3) is 0 Å². The summed E-state index contributed by atoms with van der Waals surface area (Å²) in [6.45, 7) is 0. The van der Waals surface area contributed by atoms with E-state index in [1.165, 1.54) is 0 Å². The highest BCUT2D eigenvalue weighted by Gasteiger charge is 2.02. The van der Waals surface area contributed by atoms with Gasteiger partial charge >= 0.3 is 11.7 Å². The van der Waals surface area contributed by atoms with Gasteiger partial charge in [-0.25, -0.2) is 0 Å². The van der Waals surface area contributed by atoms with E-state index in [0.29, 0.717) is 11.7 Å². The second kappa shape index (κ2) is 4.11. The lowest BCUT2D eigenvalue weighted by atomic mass is 10.5. The minimum Gasteiger partial charge on any atom is -0.368 e. The minimum atomic E-state index is -1.32. The third-order valence-electron chi connectivity index (χ3n) is 0.459. The molecular formula is C3H7O3S+. The highest BCUT2D eigenvalue weighted by molar-refractivity contribution is 7.65. The maximum atomic E-state index is 9.53. The van der Waals surface area contributed by atoms with Crippen molar-refractivity contribution in [3.63, 3.8) is 0 Å². The molecule has 0 rings (SSSR count). The van der Waals surface area contributed by atoms with E-state index in [0.717, 1.165) is 0 Å². The predicted molar refractivity (Wildman–Crippen MR) is 25.8 cm³/mol. The number of aliphatic hydroxyl groups excluding tert-OH is 1. The van der Waals surface area contributed by atoms with Crippen molar-refractivity contribution < 1.29 is 14.4 Å². The first-order valence-corrected chi connectivity index (χ1v) is 2.79. The van der Waals surface area contributed by atoms with E-state index in [2.05, 4.69) is 0 Å². The third-order valence-corrected chi connectivity index (χ3v) is 0.862. The first-order valence-electron chi connectivity index (χ1n) is 1.88. The van der Waals surface area contributed by atoms with Gasteiger partial charge in [0.1, 0.15) is 0 Å². The van der Waals surface area contributed by atoms with E-state index in [9.17, 15) is 4.21 Å². The monoisotopic (exact) mass is 123 g/mol. The van der Waals surface area contributed by atoms with Crippen LogP contribution in [0, 0.1) is 0 Å². The highest BCUT2D eigenvalue weighted by Crippen LogP contribution is 1.81. The van der Waals surface area contributed by atoms with Gasteiger partial charge in [-0.2, -0.15) is 0 Å². The van der Waals surface area contributed by atoms with Crippen molar-refractivity contribution in [1.82, 2.24) is 0 Å². The molecule has 0 spiro atoms. The fourth-order valence-electron chi connectivity index (χ4n) is 0.154. The van der Waals surface area contributed by atoms with Crippen molar-refractivity contribution in [1.29, 1.82) is 0 Å². The van der Waals surface area contributed by atoms with Gasteiger partial charge in [-0.15, -0.1) is 0 Å². The van der Waals surface area contributed by atoms with Crippen LogP contribution >= 0.6 is 0 Å². The number of aliphatic hydroxyl groups is 2. The lowest BCUT2D eigenvalue weighted by Crippen LogP contribution is -2.05. The summed E-state index contributed by atoms with van der Waals surface area (Å²) < 4.78 is 9.53. The van der Waals surface area contributed by atoms with E-state index in [4.69, 9.17) is 10.2 Å². The topological polar surface area (TPSA) is 57.5 Å². The Morgan fingerprint density at radius 1 is 1.57 bits per heavy atom. The standard InChI is InChI=1S/C3H7O3S/c4-3(5)1-2-7-6/h3-5H,1-2H2/q+1. The summed E-state index contributed by atoms with van der Waals surface area (Å²) in [5, 5.41) is 16.2. The van der Waals surface area contributed by atoms with Gasteiger partial charge in [-0.1, -0.05) is 0 Å². The SMILES string of the molecule is O=[S+]CCC(O)O. The Morgan fingerprint density at radius 2 is 2.14 bits per heavy atom. The molecule has 3 nitrogen and oxygen atoms in total. The lowest BCUT2D eigenvalue weighted by molar-refractivity contribution is -0.0405. The largest absolute Gasteiger partial charge is 0.458 e. The second-order valence-electron chi connectivity index (χ2n) is 1.09. The molecular weight excluding hydrogens is 116 g/mol. The Morgan fingerprint density at radius 3 is 2.29 bits per heavy atom. The van der Waals surface area contributed by atoms with Gasteiger partial charge in [0, 0.05) is 4.21 Å². The minimum absolute atomic E-state index is 0.161. The average Bonchev–Trinajstić information content (AvgIpc) is 1.61. The smallest absolute Gasteiger partial charge is 0.368 e. The fraction of sp³-hybridized carbons (Fsp3) is 1.00. The molecule has 4 heteroatoms. The summed E-state index contributed by atoms with van der Waals surface area (Å²) >= 11 is 0.360. The van der Waals surface area contributed by atoms with Crippen LogP contribution in [0.1, 0.15) is 6.42 Å². The van der Waals surface area contributed by atoms with Crippen LogP contribution in [-0.2, 0) is 15.9 Å². The third kappa shape index (κ3) is 5.94. The van der Waals surface area contributed by atoms with Crippen LogP contribution in [0.3, 0.4) is 0 Å². The van der Waals surface area contributed by atoms with Crippen LogP contribution in [0.5, 0.6) is 0 Å². The normalized spacial score (nSPS) is 9.57. The Labute approximate surface area is 45.5 Å². The number of rotatable bonds is 3. The molecule has 0 bridgehead atoms. The maximum absolute atomic E-state index is 9.53. The summed E-state index contributed by atoms with van der Waals surface area (Å²) in [6.07, 6.45) is -1.16. The summed E-state index contributed by atoms with van der Waals surface area (Å²) in [6, 6.07) is 0. The summed E-state index contributed by atoms with van der Waals surface area (Å²) in [7, 11) is 0. The van der Waals surface area contributed by atoms with Crippen molar-refractivity contribution in [3.8, 4) is 0 Å². The molecule has 0 saturated heterocycles. The molecule has 0 saturated carbocycles. The van der Waals surface area contributed by atoms with Crippen LogP contribution in [0.4, 0.5) is 0 Å². The van der Waals surface area contributed by atoms with Crippen molar-refractivity contribution in [2.24, 2.45) is 0 Å². The summed E-state index contributed by atoms with van der Waals surface area (Å²) in [4.78, 5) is 0. The molecule has 0 amide bonds. The van der Waals surface area contributed by atoms with E-state index < -0.39 is 6.29 Å². The molecule has 0 fully saturated rings. The fourth-order valence-corrected chi connectivity index (χ4v) is 0.461. The quantitative estimate of drug-likeness (QED) is 0.378. The number of hydrogen-bond donors (Lipinski definition) is 2. The Hall–Kier alpha value is -0.0600. The maximum Gasteiger partial charge on any atom is 0.458 e. The first kappa shape index (κ1) is 6.94. The van der Waals surface area contributed by atoms with Gasteiger partial charge in [0.15, 0.2) is 6.29 Å². The van der Waals surface area contributed by atoms with E-state index in [-0.39, 0.29) is 12.2 Å². The van der Waals surface area contributed by atoms with Crippen LogP contribution in [-0.4, -0.2) is 22.3 Å². The van der Waals surface area contributed by atoms with Crippen molar-refractivity contribution in [2.75, 3.05) is 5.75 Å². The second-order valence-corrected chi connectivity index (χ2v) is 1.74. The van der Waals surface area contributed by atoms with E-state index in [1.54, 1.807) is 0 Å². The molecule has 0 heterocycles. The van der Waals surface area contributed by atoms with Gasteiger partial charge in [0.2, 0.25) is 5.75 Å². The van der Waals surface area contributed by atoms with Gasteiger partial charge < -0.3 is 10.2 Å². The van der Waals surface area contributed by atoms with Crippen LogP contribution in [0.15, 0.2) is 0 Å². The molecule has 0 aromatic heterocycles. The van der Waals surface area contributed by atoms with E-state index in [1.807, 2.05) is 0 Å². The Bertz CT molecular complexity index is 54.1. The summed E-state index contributed by atoms with van der Waals surface area (Å²) in [5.74, 6) is 0.262. The predicted octanol–water partition coefficient (Wildman–Crippen LogP) is -0.885. The van der Waals surface area contributed by atoms with Crippen molar-refractivity contribution in [2.45, 2.75) is 12.7 Å². The van der Waals surface area contributed by atoms with Gasteiger partial charge in [0.05, 0.1) is 6.42 Å². The molecule has 42 valence electrons.